The molecule has 0 radical (unpaired) electrons. The highest BCUT2D eigenvalue weighted by molar-refractivity contribution is 7.12. The zero-order chi connectivity index (χ0) is 20.6. The molecule has 150 valence electrons. The van der Waals surface area contributed by atoms with Crippen LogP contribution in [0.3, 0.4) is 0 Å². The molecule has 3 rings (SSSR count). The molecular weight excluding hydrogens is 391 g/mol. The summed E-state index contributed by atoms with van der Waals surface area (Å²) >= 11 is 1.36. The van der Waals surface area contributed by atoms with Crippen molar-refractivity contribution < 1.29 is 18.7 Å². The fourth-order valence-corrected chi connectivity index (χ4v) is 3.29. The highest BCUT2D eigenvalue weighted by Gasteiger charge is 2.13. The Morgan fingerprint density at radius 3 is 2.62 bits per heavy atom. The first-order valence-electron chi connectivity index (χ1n) is 9.11. The smallest absolute Gasteiger partial charge is 0.265 e. The van der Waals surface area contributed by atoms with E-state index in [1.165, 1.54) is 23.5 Å². The summed E-state index contributed by atoms with van der Waals surface area (Å²) in [5.74, 6) is -0.0547. The number of nitrogens with one attached hydrogen (secondary N) is 1. The standard InChI is InChI=1S/C22H21FN2O3S/c1-25(12-4-13-28-19-10-8-17(23)9-11-19)22(27)16-5-2-6-18(15-16)24-21(26)20-7-3-14-29-20/h2-3,5-11,14-15H,4,12-13H2,1H3,(H,24,26). The average molecular weight is 412 g/mol. The number of halogens is 1. The van der Waals surface area contributed by atoms with E-state index < -0.39 is 0 Å². The van der Waals surface area contributed by atoms with Crippen LogP contribution in [0.2, 0.25) is 0 Å². The van der Waals surface area contributed by atoms with Crippen LogP contribution in [0.15, 0.2) is 66.0 Å². The summed E-state index contributed by atoms with van der Waals surface area (Å²) < 4.78 is 18.4. The summed E-state index contributed by atoms with van der Waals surface area (Å²) in [6, 6.07) is 16.3. The molecule has 1 N–H and O–H groups in total. The minimum atomic E-state index is -0.309. The Kier molecular flexibility index (Phi) is 6.97. The van der Waals surface area contributed by atoms with Gasteiger partial charge in [-0.15, -0.1) is 11.3 Å². The molecule has 1 heterocycles. The van der Waals surface area contributed by atoms with Crippen molar-refractivity contribution in [3.05, 3.63) is 82.3 Å². The number of carbonyl (C=O) groups is 2. The molecule has 0 spiro atoms. The first-order chi connectivity index (χ1) is 14.0. The molecule has 0 unspecified atom stereocenters. The summed E-state index contributed by atoms with van der Waals surface area (Å²) in [6.45, 7) is 0.923. The van der Waals surface area contributed by atoms with Gasteiger partial charge in [0.15, 0.2) is 0 Å². The fourth-order valence-electron chi connectivity index (χ4n) is 2.67. The van der Waals surface area contributed by atoms with E-state index in [0.29, 0.717) is 41.4 Å². The predicted molar refractivity (Wildman–Crippen MR) is 112 cm³/mol. The number of thiophene rings is 1. The Balaban J connectivity index is 1.49. The molecule has 5 nitrogen and oxygen atoms in total. The van der Waals surface area contributed by atoms with Gasteiger partial charge in [0.25, 0.3) is 11.8 Å². The van der Waals surface area contributed by atoms with E-state index >= 15 is 0 Å². The summed E-state index contributed by atoms with van der Waals surface area (Å²) in [4.78, 5) is 27.0. The lowest BCUT2D eigenvalue weighted by molar-refractivity contribution is 0.0787. The lowest BCUT2D eigenvalue weighted by Crippen LogP contribution is -2.28. The fraction of sp³-hybridized carbons (Fsp3) is 0.182. The maximum Gasteiger partial charge on any atom is 0.265 e. The molecule has 0 saturated heterocycles. The van der Waals surface area contributed by atoms with Crippen molar-refractivity contribution in [2.24, 2.45) is 0 Å². The van der Waals surface area contributed by atoms with Crippen LogP contribution >= 0.6 is 11.3 Å². The molecule has 0 saturated carbocycles. The minimum Gasteiger partial charge on any atom is -0.494 e. The molecule has 2 amide bonds. The number of benzene rings is 2. The SMILES string of the molecule is CN(CCCOc1ccc(F)cc1)C(=O)c1cccc(NC(=O)c2cccs2)c1. The Hall–Kier alpha value is -3.19. The van der Waals surface area contributed by atoms with E-state index in [1.54, 1.807) is 54.4 Å². The molecule has 3 aromatic rings. The number of amides is 2. The lowest BCUT2D eigenvalue weighted by Gasteiger charge is -2.18. The lowest BCUT2D eigenvalue weighted by atomic mass is 10.1. The largest absolute Gasteiger partial charge is 0.494 e. The van der Waals surface area contributed by atoms with Gasteiger partial charge < -0.3 is 15.0 Å². The molecule has 7 heteroatoms. The van der Waals surface area contributed by atoms with E-state index in [-0.39, 0.29) is 17.6 Å². The number of nitrogens with zero attached hydrogens (tertiary/aromatic N) is 1. The molecule has 0 bridgehead atoms. The van der Waals surface area contributed by atoms with Gasteiger partial charge in [0.2, 0.25) is 0 Å². The minimum absolute atomic E-state index is 0.140. The van der Waals surface area contributed by atoms with Crippen LogP contribution in [-0.2, 0) is 0 Å². The Labute approximate surface area is 172 Å². The van der Waals surface area contributed by atoms with Crippen molar-refractivity contribution in [2.45, 2.75) is 6.42 Å². The van der Waals surface area contributed by atoms with Gasteiger partial charge in [-0.05, 0) is 60.3 Å². The highest BCUT2D eigenvalue weighted by atomic mass is 32.1. The van der Waals surface area contributed by atoms with E-state index in [4.69, 9.17) is 4.74 Å². The highest BCUT2D eigenvalue weighted by Crippen LogP contribution is 2.16. The summed E-state index contributed by atoms with van der Waals surface area (Å²) in [5.41, 5.74) is 1.07. The number of carbonyl (C=O) groups excluding carboxylic acids is 2. The monoisotopic (exact) mass is 412 g/mol. The first kappa shape index (κ1) is 20.5. The number of rotatable bonds is 8. The van der Waals surface area contributed by atoms with E-state index in [2.05, 4.69) is 5.32 Å². The first-order valence-corrected chi connectivity index (χ1v) is 9.99. The van der Waals surface area contributed by atoms with Crippen molar-refractivity contribution in [3.8, 4) is 5.75 Å². The van der Waals surface area contributed by atoms with Gasteiger partial charge in [-0.25, -0.2) is 4.39 Å². The topological polar surface area (TPSA) is 58.6 Å². The number of anilines is 1. The van der Waals surface area contributed by atoms with Crippen LogP contribution in [0.1, 0.15) is 26.5 Å². The predicted octanol–water partition coefficient (Wildman–Crippen LogP) is 4.68. The van der Waals surface area contributed by atoms with Crippen molar-refractivity contribution >= 4 is 28.8 Å². The molecule has 2 aromatic carbocycles. The summed E-state index contributed by atoms with van der Waals surface area (Å²) in [5, 5.41) is 4.64. The number of ether oxygens (including phenoxy) is 1. The van der Waals surface area contributed by atoms with Crippen molar-refractivity contribution in [3.63, 3.8) is 0 Å². The molecule has 0 aliphatic heterocycles. The Bertz CT molecular complexity index is 958. The molecule has 0 aliphatic rings. The molecule has 29 heavy (non-hydrogen) atoms. The third-order valence-corrected chi connectivity index (χ3v) is 5.05. The zero-order valence-electron chi connectivity index (χ0n) is 15.9. The van der Waals surface area contributed by atoms with E-state index in [9.17, 15) is 14.0 Å². The van der Waals surface area contributed by atoms with Crippen LogP contribution in [-0.4, -0.2) is 36.9 Å². The Morgan fingerprint density at radius 1 is 1.10 bits per heavy atom. The van der Waals surface area contributed by atoms with Crippen LogP contribution < -0.4 is 10.1 Å². The summed E-state index contributed by atoms with van der Waals surface area (Å²) in [7, 11) is 1.72. The number of hydrogen-bond acceptors (Lipinski definition) is 4. The molecule has 0 atom stereocenters. The van der Waals surface area contributed by atoms with Crippen LogP contribution in [0.4, 0.5) is 10.1 Å². The maximum atomic E-state index is 12.9. The molecule has 0 fully saturated rings. The molecule has 1 aromatic heterocycles. The van der Waals surface area contributed by atoms with Crippen molar-refractivity contribution in [2.75, 3.05) is 25.5 Å². The Morgan fingerprint density at radius 2 is 1.90 bits per heavy atom. The third kappa shape index (κ3) is 5.89. The molecule has 0 aliphatic carbocycles. The van der Waals surface area contributed by atoms with Gasteiger partial charge >= 0.3 is 0 Å². The summed E-state index contributed by atoms with van der Waals surface area (Å²) in [6.07, 6.45) is 0.633. The van der Waals surface area contributed by atoms with Gasteiger partial charge in [0.05, 0.1) is 11.5 Å². The van der Waals surface area contributed by atoms with Crippen LogP contribution in [0, 0.1) is 5.82 Å². The maximum absolute atomic E-state index is 12.9. The second-order valence-corrected chi connectivity index (χ2v) is 7.34. The van der Waals surface area contributed by atoms with Crippen LogP contribution in [0.5, 0.6) is 5.75 Å². The van der Waals surface area contributed by atoms with E-state index in [0.717, 1.165) is 0 Å². The quantitative estimate of drug-likeness (QED) is 0.547. The second kappa shape index (κ2) is 9.84. The van der Waals surface area contributed by atoms with Crippen molar-refractivity contribution in [1.29, 1.82) is 0 Å². The van der Waals surface area contributed by atoms with Crippen molar-refractivity contribution in [1.82, 2.24) is 4.90 Å². The average Bonchev–Trinajstić information content (AvgIpc) is 3.27. The molecular formula is C22H21FN2O3S. The van der Waals surface area contributed by atoms with Gasteiger partial charge in [0, 0.05) is 24.8 Å². The zero-order valence-corrected chi connectivity index (χ0v) is 16.7. The van der Waals surface area contributed by atoms with Crippen LogP contribution in [0.25, 0.3) is 0 Å². The second-order valence-electron chi connectivity index (χ2n) is 6.39. The third-order valence-electron chi connectivity index (χ3n) is 4.18. The van der Waals surface area contributed by atoms with Gasteiger partial charge in [0.1, 0.15) is 11.6 Å². The van der Waals surface area contributed by atoms with E-state index in [1.807, 2.05) is 11.4 Å². The normalized spacial score (nSPS) is 10.4. The van der Waals surface area contributed by atoms with Gasteiger partial charge in [-0.1, -0.05) is 12.1 Å². The van der Waals surface area contributed by atoms with Gasteiger partial charge in [-0.3, -0.25) is 9.59 Å². The number of hydrogen-bond donors (Lipinski definition) is 1. The van der Waals surface area contributed by atoms with Gasteiger partial charge in [-0.2, -0.15) is 0 Å².